The number of nitro benzene ring substituents is 1. The first-order valence-electron chi connectivity index (χ1n) is 6.88. The third-order valence-corrected chi connectivity index (χ3v) is 3.92. The molecule has 1 aromatic carbocycles. The Labute approximate surface area is 127 Å². The molecular weight excluding hydrogens is 296 g/mol. The minimum Gasteiger partial charge on any atom is -0.376 e. The molecule has 1 heterocycles. The van der Waals surface area contributed by atoms with Crippen molar-refractivity contribution < 1.29 is 14.5 Å². The van der Waals surface area contributed by atoms with Crippen LogP contribution >= 0.6 is 11.6 Å². The van der Waals surface area contributed by atoms with Crippen molar-refractivity contribution in [3.8, 4) is 0 Å². The summed E-state index contributed by atoms with van der Waals surface area (Å²) >= 11 is 6.00. The van der Waals surface area contributed by atoms with E-state index in [0.717, 1.165) is 12.8 Å². The normalized spacial score (nSPS) is 17.7. The van der Waals surface area contributed by atoms with E-state index in [1.54, 1.807) is 4.90 Å². The maximum absolute atomic E-state index is 12.5. The highest BCUT2D eigenvalue weighted by Crippen LogP contribution is 2.29. The summed E-state index contributed by atoms with van der Waals surface area (Å²) in [6.07, 6.45) is 1.95. The van der Waals surface area contributed by atoms with Gasteiger partial charge >= 0.3 is 0 Å². The number of rotatable bonds is 5. The molecule has 0 bridgehead atoms. The lowest BCUT2D eigenvalue weighted by Gasteiger charge is -2.24. The molecule has 0 N–H and O–H groups in total. The number of ether oxygens (including phenoxy) is 1. The maximum Gasteiger partial charge on any atom is 0.288 e. The van der Waals surface area contributed by atoms with E-state index in [9.17, 15) is 14.9 Å². The fourth-order valence-electron chi connectivity index (χ4n) is 2.39. The molecule has 21 heavy (non-hydrogen) atoms. The van der Waals surface area contributed by atoms with E-state index >= 15 is 0 Å². The average molecular weight is 313 g/mol. The van der Waals surface area contributed by atoms with Crippen LogP contribution in [0.25, 0.3) is 0 Å². The minimum absolute atomic E-state index is 0.0337. The highest BCUT2D eigenvalue weighted by atomic mass is 35.5. The van der Waals surface area contributed by atoms with Crippen LogP contribution in [0.2, 0.25) is 5.02 Å². The molecule has 6 nitrogen and oxygen atoms in total. The zero-order chi connectivity index (χ0) is 15.4. The topological polar surface area (TPSA) is 72.7 Å². The monoisotopic (exact) mass is 312 g/mol. The van der Waals surface area contributed by atoms with Crippen LogP contribution in [0, 0.1) is 10.1 Å². The summed E-state index contributed by atoms with van der Waals surface area (Å²) in [6, 6.07) is 4.27. The smallest absolute Gasteiger partial charge is 0.288 e. The number of halogens is 1. The van der Waals surface area contributed by atoms with Gasteiger partial charge in [0.25, 0.3) is 11.6 Å². The quantitative estimate of drug-likeness (QED) is 0.619. The van der Waals surface area contributed by atoms with Crippen LogP contribution in [-0.4, -0.2) is 41.5 Å². The van der Waals surface area contributed by atoms with Crippen LogP contribution in [-0.2, 0) is 4.74 Å². The van der Waals surface area contributed by atoms with Crippen molar-refractivity contribution in [2.45, 2.75) is 25.9 Å². The standard InChI is InChI=1S/C14H17ClN2O4/c1-2-16(9-10-5-4-8-21-10)14(18)11-6-3-7-12(13(11)15)17(19)20/h3,6-7,10H,2,4-5,8-9H2,1H3. The molecule has 1 aromatic rings. The summed E-state index contributed by atoms with van der Waals surface area (Å²) in [5, 5.41) is 10.8. The first kappa shape index (κ1) is 15.7. The average Bonchev–Trinajstić information content (AvgIpc) is 2.97. The van der Waals surface area contributed by atoms with Crippen molar-refractivity contribution in [1.82, 2.24) is 4.90 Å². The summed E-state index contributed by atoms with van der Waals surface area (Å²) in [4.78, 5) is 24.4. The summed E-state index contributed by atoms with van der Waals surface area (Å²) < 4.78 is 5.53. The molecule has 0 spiro atoms. The summed E-state index contributed by atoms with van der Waals surface area (Å²) in [5.41, 5.74) is -0.0959. The van der Waals surface area contributed by atoms with Gasteiger partial charge in [0.1, 0.15) is 5.02 Å². The molecule has 1 atom stereocenters. The lowest BCUT2D eigenvalue weighted by atomic mass is 10.1. The molecule has 7 heteroatoms. The molecule has 1 amide bonds. The summed E-state index contributed by atoms with van der Waals surface area (Å²) in [6.45, 7) is 3.55. The molecule has 2 rings (SSSR count). The predicted octanol–water partition coefficient (Wildman–Crippen LogP) is 2.89. The number of hydrogen-bond acceptors (Lipinski definition) is 4. The van der Waals surface area contributed by atoms with Crippen LogP contribution in [0.1, 0.15) is 30.1 Å². The van der Waals surface area contributed by atoms with Gasteiger partial charge in [-0.2, -0.15) is 0 Å². The number of carbonyl (C=O) groups is 1. The van der Waals surface area contributed by atoms with Gasteiger partial charge < -0.3 is 9.64 Å². The van der Waals surface area contributed by atoms with Gasteiger partial charge in [0.2, 0.25) is 0 Å². The number of nitro groups is 1. The van der Waals surface area contributed by atoms with Gasteiger partial charge in [-0.3, -0.25) is 14.9 Å². The second kappa shape index (κ2) is 6.87. The first-order valence-corrected chi connectivity index (χ1v) is 7.26. The Bertz CT molecular complexity index is 544. The molecule has 1 fully saturated rings. The number of likely N-dealkylation sites (N-methyl/N-ethyl adjacent to an activating group) is 1. The van der Waals surface area contributed by atoms with Crippen molar-refractivity contribution in [3.63, 3.8) is 0 Å². The van der Waals surface area contributed by atoms with Gasteiger partial charge in [-0.1, -0.05) is 17.7 Å². The SMILES string of the molecule is CCN(CC1CCCO1)C(=O)c1cccc([N+](=O)[O-])c1Cl. The number of amides is 1. The molecule has 0 aromatic heterocycles. The Hall–Kier alpha value is -1.66. The second-order valence-electron chi connectivity index (χ2n) is 4.87. The molecule has 1 aliphatic heterocycles. The zero-order valence-electron chi connectivity index (χ0n) is 11.8. The van der Waals surface area contributed by atoms with Crippen molar-refractivity contribution >= 4 is 23.2 Å². The lowest BCUT2D eigenvalue weighted by molar-refractivity contribution is -0.384. The van der Waals surface area contributed by atoms with Gasteiger partial charge in [0.05, 0.1) is 16.6 Å². The van der Waals surface area contributed by atoms with E-state index < -0.39 is 4.92 Å². The molecule has 1 aliphatic rings. The van der Waals surface area contributed by atoms with E-state index in [0.29, 0.717) is 19.7 Å². The van der Waals surface area contributed by atoms with E-state index in [1.165, 1.54) is 18.2 Å². The van der Waals surface area contributed by atoms with Crippen LogP contribution < -0.4 is 0 Å². The van der Waals surface area contributed by atoms with Crippen LogP contribution in [0.3, 0.4) is 0 Å². The van der Waals surface area contributed by atoms with E-state index in [-0.39, 0.29) is 28.3 Å². The minimum atomic E-state index is -0.588. The number of hydrogen-bond donors (Lipinski definition) is 0. The highest BCUT2D eigenvalue weighted by molar-refractivity contribution is 6.35. The molecule has 1 unspecified atom stereocenters. The Morgan fingerprint density at radius 2 is 2.33 bits per heavy atom. The molecular formula is C14H17ClN2O4. The first-order chi connectivity index (χ1) is 10.0. The maximum atomic E-state index is 12.5. The Morgan fingerprint density at radius 1 is 1.57 bits per heavy atom. The molecule has 0 radical (unpaired) electrons. The van der Waals surface area contributed by atoms with Crippen LogP contribution in [0.5, 0.6) is 0 Å². The van der Waals surface area contributed by atoms with Gasteiger partial charge in [0.15, 0.2) is 0 Å². The molecule has 114 valence electrons. The lowest BCUT2D eigenvalue weighted by Crippen LogP contribution is -2.37. The van der Waals surface area contributed by atoms with E-state index in [4.69, 9.17) is 16.3 Å². The summed E-state index contributed by atoms with van der Waals surface area (Å²) in [7, 11) is 0. The Kier molecular flexibility index (Phi) is 5.14. The molecule has 1 saturated heterocycles. The molecule has 0 saturated carbocycles. The van der Waals surface area contributed by atoms with Gasteiger partial charge in [-0.15, -0.1) is 0 Å². The van der Waals surface area contributed by atoms with Crippen LogP contribution in [0.4, 0.5) is 5.69 Å². The van der Waals surface area contributed by atoms with Crippen molar-refractivity contribution in [1.29, 1.82) is 0 Å². The van der Waals surface area contributed by atoms with Gasteiger partial charge in [-0.05, 0) is 25.8 Å². The number of carbonyl (C=O) groups excluding carboxylic acids is 1. The fraction of sp³-hybridized carbons (Fsp3) is 0.500. The van der Waals surface area contributed by atoms with Crippen molar-refractivity contribution in [3.05, 3.63) is 38.9 Å². The van der Waals surface area contributed by atoms with Crippen molar-refractivity contribution in [2.75, 3.05) is 19.7 Å². The van der Waals surface area contributed by atoms with Gasteiger partial charge in [0, 0.05) is 25.8 Å². The van der Waals surface area contributed by atoms with Gasteiger partial charge in [-0.25, -0.2) is 0 Å². The zero-order valence-corrected chi connectivity index (χ0v) is 12.5. The largest absolute Gasteiger partial charge is 0.376 e. The van der Waals surface area contributed by atoms with Crippen molar-refractivity contribution in [2.24, 2.45) is 0 Å². The third-order valence-electron chi connectivity index (χ3n) is 3.52. The number of benzene rings is 1. The highest BCUT2D eigenvalue weighted by Gasteiger charge is 2.26. The number of nitrogens with zero attached hydrogens (tertiary/aromatic N) is 2. The second-order valence-corrected chi connectivity index (χ2v) is 5.25. The predicted molar refractivity (Wildman–Crippen MR) is 78.7 cm³/mol. The van der Waals surface area contributed by atoms with Crippen LogP contribution in [0.15, 0.2) is 18.2 Å². The molecule has 0 aliphatic carbocycles. The van der Waals surface area contributed by atoms with E-state index in [2.05, 4.69) is 0 Å². The third kappa shape index (κ3) is 3.51. The summed E-state index contributed by atoms with van der Waals surface area (Å²) in [5.74, 6) is -0.304. The Balaban J connectivity index is 2.20. The van der Waals surface area contributed by atoms with E-state index in [1.807, 2.05) is 6.92 Å². The Morgan fingerprint density at radius 3 is 2.90 bits per heavy atom. The fourth-order valence-corrected chi connectivity index (χ4v) is 2.66.